The number of hydrogen-bond donors (Lipinski definition) is 3. The van der Waals surface area contributed by atoms with Crippen LogP contribution >= 0.6 is 0 Å². The first-order valence-corrected chi connectivity index (χ1v) is 10.0. The lowest BCUT2D eigenvalue weighted by molar-refractivity contribution is -0.192. The monoisotopic (exact) mass is 480 g/mol. The Bertz CT molecular complexity index is 778. The quantitative estimate of drug-likeness (QED) is 0.385. The fourth-order valence-corrected chi connectivity index (χ4v) is 3.33. The number of alkyl halides is 4. The van der Waals surface area contributed by atoms with Crippen molar-refractivity contribution in [1.29, 1.82) is 0 Å². The Morgan fingerprint density at radius 3 is 2.21 bits per heavy atom. The minimum atomic E-state index is -5.08. The van der Waals surface area contributed by atoms with Gasteiger partial charge in [-0.3, -0.25) is 4.79 Å². The van der Waals surface area contributed by atoms with Crippen LogP contribution in [0.5, 0.6) is 0 Å². The number of ether oxygens (including phenoxy) is 2. The molecule has 0 radical (unpaired) electrons. The van der Waals surface area contributed by atoms with Crippen LogP contribution in [0.15, 0.2) is 30.3 Å². The number of rotatable bonds is 8. The summed E-state index contributed by atoms with van der Waals surface area (Å²) >= 11 is 0. The summed E-state index contributed by atoms with van der Waals surface area (Å²) in [7, 11) is 2.79. The Morgan fingerprint density at radius 1 is 1.21 bits per heavy atom. The van der Waals surface area contributed by atoms with E-state index in [-0.39, 0.29) is 18.5 Å². The van der Waals surface area contributed by atoms with Crippen molar-refractivity contribution < 1.29 is 46.5 Å². The number of aliphatic carboxylic acids is 1. The third-order valence-corrected chi connectivity index (χ3v) is 5.01. The van der Waals surface area contributed by atoms with Crippen molar-refractivity contribution in [2.45, 2.75) is 50.3 Å². The van der Waals surface area contributed by atoms with Crippen LogP contribution in [0, 0.1) is 5.92 Å². The van der Waals surface area contributed by atoms with Crippen molar-refractivity contribution >= 4 is 17.8 Å². The van der Waals surface area contributed by atoms with Gasteiger partial charge in [0.25, 0.3) is 0 Å². The maximum absolute atomic E-state index is 13.5. The van der Waals surface area contributed by atoms with Crippen LogP contribution < -0.4 is 10.6 Å². The molecule has 1 aromatic rings. The van der Waals surface area contributed by atoms with Gasteiger partial charge in [-0.05, 0) is 12.0 Å². The predicted octanol–water partition coefficient (Wildman–Crippen LogP) is 1.87. The van der Waals surface area contributed by atoms with E-state index < -0.39 is 42.4 Å². The molecule has 186 valence electrons. The van der Waals surface area contributed by atoms with Crippen LogP contribution in [0.1, 0.15) is 18.9 Å². The molecule has 3 N–H and O–H groups in total. The van der Waals surface area contributed by atoms with E-state index in [2.05, 4.69) is 10.6 Å². The maximum Gasteiger partial charge on any atom is 0.490 e. The standard InChI is InChI=1S/C19H27FN2O4.C2HF3O2/c1-12(17(25-2)15-10-14(20)11-21-15)18(23)22-16(19(24)26-3)9-13-7-5-4-6-8-13;3-2(4,5)1(6)7/h4-8,12,14-17,21H,9-11H2,1-3H3,(H,22,23);(H,6,7)/t12-,14+,15+,16+,17-;/m1./s1. The van der Waals surface area contributed by atoms with E-state index in [0.29, 0.717) is 12.8 Å². The van der Waals surface area contributed by atoms with Crippen LogP contribution in [0.4, 0.5) is 17.6 Å². The van der Waals surface area contributed by atoms with Gasteiger partial charge in [-0.2, -0.15) is 13.2 Å². The first kappa shape index (κ1) is 28.3. The highest BCUT2D eigenvalue weighted by Crippen LogP contribution is 2.21. The fraction of sp³-hybridized carbons (Fsp3) is 0.571. The van der Waals surface area contributed by atoms with E-state index in [9.17, 15) is 27.2 Å². The molecule has 33 heavy (non-hydrogen) atoms. The second-order valence-electron chi connectivity index (χ2n) is 7.41. The molecule has 0 aliphatic carbocycles. The topological polar surface area (TPSA) is 114 Å². The average molecular weight is 480 g/mol. The third-order valence-electron chi connectivity index (χ3n) is 5.01. The summed E-state index contributed by atoms with van der Waals surface area (Å²) in [5, 5.41) is 12.9. The SMILES string of the molecule is COC(=O)[C@H](Cc1ccccc1)NC(=O)[C@H](C)[C@@H](OC)[C@@H]1C[C@H](F)CN1.O=C(O)C(F)(F)F. The van der Waals surface area contributed by atoms with Crippen LogP contribution in [0.25, 0.3) is 0 Å². The van der Waals surface area contributed by atoms with Gasteiger partial charge in [0.05, 0.1) is 19.1 Å². The molecule has 1 amide bonds. The molecule has 1 saturated heterocycles. The van der Waals surface area contributed by atoms with E-state index in [0.717, 1.165) is 5.56 Å². The van der Waals surface area contributed by atoms with Gasteiger partial charge in [0, 0.05) is 26.1 Å². The molecule has 0 aromatic heterocycles. The highest BCUT2D eigenvalue weighted by atomic mass is 19.4. The number of carbonyl (C=O) groups is 3. The summed E-state index contributed by atoms with van der Waals surface area (Å²) in [6, 6.07) is 8.36. The van der Waals surface area contributed by atoms with Crippen molar-refractivity contribution in [1.82, 2.24) is 10.6 Å². The van der Waals surface area contributed by atoms with Crippen molar-refractivity contribution in [2.24, 2.45) is 5.92 Å². The minimum Gasteiger partial charge on any atom is -0.475 e. The van der Waals surface area contributed by atoms with E-state index in [1.165, 1.54) is 14.2 Å². The first-order valence-electron chi connectivity index (χ1n) is 10.0. The number of halogens is 4. The van der Waals surface area contributed by atoms with Gasteiger partial charge in [-0.1, -0.05) is 37.3 Å². The summed E-state index contributed by atoms with van der Waals surface area (Å²) in [5.41, 5.74) is 0.914. The van der Waals surface area contributed by atoms with E-state index in [1.807, 2.05) is 30.3 Å². The first-order chi connectivity index (χ1) is 15.4. The summed E-state index contributed by atoms with van der Waals surface area (Å²) in [6.07, 6.45) is -5.86. The Labute approximate surface area is 188 Å². The molecule has 1 fully saturated rings. The molecule has 1 aliphatic heterocycles. The molecular formula is C21H28F4N2O6. The number of esters is 1. The fourth-order valence-electron chi connectivity index (χ4n) is 3.33. The highest BCUT2D eigenvalue weighted by Gasteiger charge is 2.38. The van der Waals surface area contributed by atoms with E-state index in [4.69, 9.17) is 19.4 Å². The molecule has 1 aromatic carbocycles. The molecule has 0 bridgehead atoms. The highest BCUT2D eigenvalue weighted by molar-refractivity contribution is 5.86. The van der Waals surface area contributed by atoms with Crippen LogP contribution in [0.3, 0.4) is 0 Å². The summed E-state index contributed by atoms with van der Waals surface area (Å²) in [5.74, 6) is -4.14. The normalized spacial score (nSPS) is 20.6. The Morgan fingerprint density at radius 2 is 1.79 bits per heavy atom. The van der Waals surface area contributed by atoms with Gasteiger partial charge in [-0.15, -0.1) is 0 Å². The second-order valence-corrected chi connectivity index (χ2v) is 7.41. The zero-order valence-corrected chi connectivity index (χ0v) is 18.4. The van der Waals surface area contributed by atoms with Crippen LogP contribution in [0.2, 0.25) is 0 Å². The molecular weight excluding hydrogens is 452 g/mol. The Hall–Kier alpha value is -2.73. The van der Waals surface area contributed by atoms with Gasteiger partial charge >= 0.3 is 18.1 Å². The van der Waals surface area contributed by atoms with Gasteiger partial charge in [0.15, 0.2) is 0 Å². The van der Waals surface area contributed by atoms with Crippen LogP contribution in [-0.2, 0) is 30.3 Å². The molecule has 8 nitrogen and oxygen atoms in total. The van der Waals surface area contributed by atoms with Gasteiger partial charge in [0.1, 0.15) is 12.2 Å². The maximum atomic E-state index is 13.5. The molecule has 2 rings (SSSR count). The van der Waals surface area contributed by atoms with Crippen molar-refractivity contribution in [3.63, 3.8) is 0 Å². The van der Waals surface area contributed by atoms with E-state index >= 15 is 0 Å². The molecule has 1 aliphatic rings. The van der Waals surface area contributed by atoms with Crippen molar-refractivity contribution in [3.05, 3.63) is 35.9 Å². The minimum absolute atomic E-state index is 0.235. The van der Waals surface area contributed by atoms with Crippen molar-refractivity contribution in [3.8, 4) is 0 Å². The number of amides is 1. The molecule has 1 heterocycles. The third kappa shape index (κ3) is 9.34. The average Bonchev–Trinajstić information content (AvgIpc) is 3.19. The van der Waals surface area contributed by atoms with Gasteiger partial charge in [0.2, 0.25) is 5.91 Å². The summed E-state index contributed by atoms with van der Waals surface area (Å²) in [6.45, 7) is 1.98. The molecule has 0 unspecified atom stereocenters. The number of methoxy groups -OCH3 is 2. The van der Waals surface area contributed by atoms with E-state index in [1.54, 1.807) is 6.92 Å². The molecule has 0 spiro atoms. The van der Waals surface area contributed by atoms with Gasteiger partial charge in [-0.25, -0.2) is 14.0 Å². The number of benzene rings is 1. The number of carboxylic acid groups (broad SMARTS) is 1. The second kappa shape index (κ2) is 13.1. The molecule has 5 atom stereocenters. The lowest BCUT2D eigenvalue weighted by Gasteiger charge is -2.28. The Balaban J connectivity index is 0.000000675. The Kier molecular flexibility index (Phi) is 11.2. The van der Waals surface area contributed by atoms with Gasteiger partial charge < -0.3 is 25.2 Å². The molecule has 12 heteroatoms. The predicted molar refractivity (Wildman–Crippen MR) is 109 cm³/mol. The zero-order chi connectivity index (χ0) is 25.2. The number of hydrogen-bond acceptors (Lipinski definition) is 6. The largest absolute Gasteiger partial charge is 0.490 e. The molecule has 0 saturated carbocycles. The lowest BCUT2D eigenvalue weighted by atomic mass is 9.94. The number of carbonyl (C=O) groups excluding carboxylic acids is 2. The zero-order valence-electron chi connectivity index (χ0n) is 18.4. The number of carboxylic acids is 1. The summed E-state index contributed by atoms with van der Waals surface area (Å²) in [4.78, 5) is 33.7. The number of nitrogens with one attached hydrogen (secondary N) is 2. The lowest BCUT2D eigenvalue weighted by Crippen LogP contribution is -2.50. The summed E-state index contributed by atoms with van der Waals surface area (Å²) < 4.78 is 55.5. The van der Waals surface area contributed by atoms with Crippen LogP contribution in [-0.4, -0.2) is 74.3 Å². The van der Waals surface area contributed by atoms with Crippen molar-refractivity contribution in [2.75, 3.05) is 20.8 Å². The smallest absolute Gasteiger partial charge is 0.475 e.